The summed E-state index contributed by atoms with van der Waals surface area (Å²) in [5.41, 5.74) is 10.4. The van der Waals surface area contributed by atoms with Crippen LogP contribution in [0.2, 0.25) is 0 Å². The van der Waals surface area contributed by atoms with Crippen molar-refractivity contribution in [3.63, 3.8) is 0 Å². The van der Waals surface area contributed by atoms with Gasteiger partial charge in [-0.05, 0) is 82.4 Å². The Morgan fingerprint density at radius 2 is 1.98 bits per heavy atom. The number of nitrogens with two attached hydrogens (primary N) is 1. The second kappa shape index (κ2) is 12.9. The third-order valence-electron chi connectivity index (χ3n) is 7.99. The molecule has 1 aromatic carbocycles. The third-order valence-corrected chi connectivity index (χ3v) is 8.92. The van der Waals surface area contributed by atoms with E-state index in [-0.39, 0.29) is 23.4 Å². The molecule has 3 aromatic rings. The van der Waals surface area contributed by atoms with Crippen molar-refractivity contribution in [3.8, 4) is 0 Å². The molecule has 226 valence electrons. The molecule has 1 aliphatic carbocycles. The Hall–Kier alpha value is -4.38. The highest BCUT2D eigenvalue weighted by Crippen LogP contribution is 2.32. The smallest absolute Gasteiger partial charge is 0.299 e. The Morgan fingerprint density at radius 1 is 1.23 bits per heavy atom. The maximum Gasteiger partial charge on any atom is 0.299 e. The Kier molecular flexibility index (Phi) is 9.00. The van der Waals surface area contributed by atoms with Gasteiger partial charge in [0.15, 0.2) is 0 Å². The Bertz CT molecular complexity index is 1630. The first-order chi connectivity index (χ1) is 20.6. The predicted octanol–water partition coefficient (Wildman–Crippen LogP) is 6.82. The Morgan fingerprint density at radius 3 is 2.67 bits per heavy atom. The van der Waals surface area contributed by atoms with Gasteiger partial charge in [-0.3, -0.25) is 10.1 Å². The lowest BCUT2D eigenvalue weighted by Gasteiger charge is -2.33. The van der Waals surface area contributed by atoms with Crippen LogP contribution in [-0.4, -0.2) is 47.6 Å². The van der Waals surface area contributed by atoms with Crippen LogP contribution in [0.4, 0.5) is 5.13 Å². The lowest BCUT2D eigenvalue weighted by molar-refractivity contribution is 0.184. The third kappa shape index (κ3) is 6.67. The quantitative estimate of drug-likeness (QED) is 0.108. The van der Waals surface area contributed by atoms with Gasteiger partial charge in [0.1, 0.15) is 23.2 Å². The van der Waals surface area contributed by atoms with Crippen molar-refractivity contribution in [2.75, 3.05) is 0 Å². The first-order valence-electron chi connectivity index (χ1n) is 14.7. The highest BCUT2D eigenvalue weighted by atomic mass is 32.1. The van der Waals surface area contributed by atoms with Gasteiger partial charge >= 0.3 is 0 Å². The van der Waals surface area contributed by atoms with Crippen LogP contribution < -0.4 is 11.1 Å². The zero-order valence-corrected chi connectivity index (χ0v) is 25.9. The average Bonchev–Trinajstić information content (AvgIpc) is 3.55. The summed E-state index contributed by atoms with van der Waals surface area (Å²) >= 11 is 1.45. The van der Waals surface area contributed by atoms with Gasteiger partial charge < -0.3 is 26.2 Å². The van der Waals surface area contributed by atoms with E-state index in [1.165, 1.54) is 43.4 Å². The van der Waals surface area contributed by atoms with Crippen molar-refractivity contribution in [1.82, 2.24) is 25.0 Å². The highest BCUT2D eigenvalue weighted by Gasteiger charge is 2.27. The Labute approximate surface area is 256 Å². The average molecular weight is 601 g/mol. The molecule has 2 aliphatic rings. The molecular weight excluding hydrogens is 560 g/mol. The number of aliphatic hydroxyl groups is 2. The van der Waals surface area contributed by atoms with Gasteiger partial charge in [0.2, 0.25) is 5.13 Å². The number of hydrogen-bond acceptors (Lipinski definition) is 8. The topological polar surface area (TPSA) is 149 Å². The molecule has 1 aliphatic heterocycles. The fourth-order valence-electron chi connectivity index (χ4n) is 5.67. The second-order valence-electron chi connectivity index (χ2n) is 11.4. The molecule has 6 N–H and O–H groups in total. The molecule has 0 saturated heterocycles. The molecule has 43 heavy (non-hydrogen) atoms. The molecule has 0 spiro atoms. The predicted molar refractivity (Wildman–Crippen MR) is 174 cm³/mol. The number of para-hydroxylation sites is 1. The van der Waals surface area contributed by atoms with E-state index in [2.05, 4.69) is 20.4 Å². The summed E-state index contributed by atoms with van der Waals surface area (Å²) in [7, 11) is 0. The van der Waals surface area contributed by atoms with Crippen molar-refractivity contribution in [1.29, 1.82) is 5.41 Å². The first-order valence-corrected chi connectivity index (χ1v) is 15.5. The van der Waals surface area contributed by atoms with E-state index >= 15 is 0 Å². The van der Waals surface area contributed by atoms with Crippen LogP contribution in [0.15, 0.2) is 76.7 Å². The van der Waals surface area contributed by atoms with E-state index in [0.717, 1.165) is 28.0 Å². The van der Waals surface area contributed by atoms with Gasteiger partial charge in [0.05, 0.1) is 16.4 Å². The lowest BCUT2D eigenvalue weighted by Crippen LogP contribution is -2.41. The van der Waals surface area contributed by atoms with E-state index in [9.17, 15) is 10.2 Å². The fraction of sp³-hybridized carbons (Fsp3) is 0.375. The lowest BCUT2D eigenvalue weighted by atomic mass is 9.89. The highest BCUT2D eigenvalue weighted by molar-refractivity contribution is 7.22. The number of nitrogens with zero attached hydrogens (tertiary/aromatic N) is 5. The number of nitrogens with one attached hydrogen (secondary N) is 2. The molecule has 0 radical (unpaired) electrons. The summed E-state index contributed by atoms with van der Waals surface area (Å²) in [4.78, 5) is 10.8. The van der Waals surface area contributed by atoms with Gasteiger partial charge in [-0.2, -0.15) is 5.10 Å². The summed E-state index contributed by atoms with van der Waals surface area (Å²) in [6.07, 6.45) is 13.4. The molecule has 3 heterocycles. The van der Waals surface area contributed by atoms with E-state index in [0.29, 0.717) is 28.0 Å². The standard InChI is InChI=1S/C32H40N8O2S/c1-19(2)40(27(33)16-20(3)30(34)38-32-36-25-12-8-9-13-26(25)43-32)28-15-14-23(29(37-28)31(41)42)24-17-35-39(21(24)4)18-22-10-6-5-7-11-22/h8-9,12-17,19,22,33,37,41-42H,5-7,10-11,18H2,1-4H3,(H2,34,36,38)/b20-16-,33-27?. The summed E-state index contributed by atoms with van der Waals surface area (Å²) < 4.78 is 3.06. The molecule has 1 fully saturated rings. The number of allylic oxidation sites excluding steroid dienone is 3. The van der Waals surface area contributed by atoms with Crippen molar-refractivity contribution in [3.05, 3.63) is 83.0 Å². The van der Waals surface area contributed by atoms with Crippen LogP contribution in [0, 0.1) is 18.3 Å². The number of aromatic nitrogens is 3. The molecule has 0 atom stereocenters. The fourth-order valence-corrected chi connectivity index (χ4v) is 6.52. The number of hydrogen-bond donors (Lipinski definition) is 5. The van der Waals surface area contributed by atoms with Crippen molar-refractivity contribution >= 4 is 43.9 Å². The van der Waals surface area contributed by atoms with Crippen LogP contribution in [0.3, 0.4) is 0 Å². The monoisotopic (exact) mass is 600 g/mol. The first kappa shape index (κ1) is 30.1. The number of aliphatic imine (C=N–C) groups is 1. The second-order valence-corrected chi connectivity index (χ2v) is 12.4. The number of thiazole rings is 1. The van der Waals surface area contributed by atoms with Crippen LogP contribution in [0.25, 0.3) is 15.8 Å². The molecule has 2 aromatic heterocycles. The normalized spacial score (nSPS) is 16.7. The summed E-state index contributed by atoms with van der Waals surface area (Å²) in [5, 5.41) is 37.9. The Balaban J connectivity index is 1.39. The number of dihydropyridines is 1. The molecule has 0 unspecified atom stereocenters. The van der Waals surface area contributed by atoms with Crippen molar-refractivity contribution in [2.45, 2.75) is 72.4 Å². The van der Waals surface area contributed by atoms with Crippen LogP contribution in [0.5, 0.6) is 0 Å². The SMILES string of the molecule is CC(=C/C(=N)N(C1=CC=C(c2cnn(CC3CCCCC3)c2C)C(=C(O)O)N1)C(C)C)/C(N)=N\c1nc2ccccc2s1. The summed E-state index contributed by atoms with van der Waals surface area (Å²) in [6, 6.07) is 7.68. The summed E-state index contributed by atoms with van der Waals surface area (Å²) in [6.45, 7) is 8.60. The van der Waals surface area contributed by atoms with Crippen LogP contribution in [0.1, 0.15) is 64.1 Å². The van der Waals surface area contributed by atoms with E-state index in [4.69, 9.17) is 11.1 Å². The van der Waals surface area contributed by atoms with E-state index in [1.807, 2.05) is 61.9 Å². The van der Waals surface area contributed by atoms with Crippen molar-refractivity contribution < 1.29 is 10.2 Å². The minimum Gasteiger partial charge on any atom is -0.480 e. The molecule has 1 saturated carbocycles. The summed E-state index contributed by atoms with van der Waals surface area (Å²) in [5.74, 6) is 0.755. The van der Waals surface area contributed by atoms with Gasteiger partial charge in [-0.25, -0.2) is 9.98 Å². The zero-order chi connectivity index (χ0) is 30.7. The number of rotatable bonds is 8. The van der Waals surface area contributed by atoms with Crippen LogP contribution in [-0.2, 0) is 6.54 Å². The largest absolute Gasteiger partial charge is 0.480 e. The number of aliphatic hydroxyl groups excluding tert-OH is 1. The molecule has 0 amide bonds. The number of fused-ring (bicyclic) bond motifs is 1. The minimum atomic E-state index is -0.828. The maximum atomic E-state index is 10.3. The van der Waals surface area contributed by atoms with E-state index < -0.39 is 5.95 Å². The number of amidine groups is 2. The van der Waals surface area contributed by atoms with Gasteiger partial charge in [0.25, 0.3) is 5.95 Å². The maximum absolute atomic E-state index is 10.3. The van der Waals surface area contributed by atoms with E-state index in [1.54, 1.807) is 24.1 Å². The van der Waals surface area contributed by atoms with Gasteiger partial charge in [-0.1, -0.05) is 42.7 Å². The van der Waals surface area contributed by atoms with Crippen molar-refractivity contribution in [2.24, 2.45) is 16.6 Å². The molecule has 10 nitrogen and oxygen atoms in total. The molecule has 5 rings (SSSR count). The van der Waals surface area contributed by atoms with Gasteiger partial charge in [-0.15, -0.1) is 0 Å². The molecule has 11 heteroatoms. The van der Waals surface area contributed by atoms with Crippen LogP contribution >= 0.6 is 11.3 Å². The van der Waals surface area contributed by atoms with Gasteiger partial charge in [0, 0.05) is 29.4 Å². The molecular formula is C32H40N8O2S. The molecule has 0 bridgehead atoms. The zero-order valence-electron chi connectivity index (χ0n) is 25.1. The number of benzene rings is 1. The minimum absolute atomic E-state index is 0.130.